The number of benzene rings is 6. The molecule has 6 aromatic carbocycles. The first-order chi connectivity index (χ1) is 21.5. The number of rotatable bonds is 5. The van der Waals surface area contributed by atoms with Gasteiger partial charge in [-0.15, -0.1) is 0 Å². The molecule has 1 unspecified atom stereocenters. The molecule has 1 aliphatic carbocycles. The van der Waals surface area contributed by atoms with Crippen LogP contribution >= 0.6 is 7.44 Å². The van der Waals surface area contributed by atoms with Gasteiger partial charge < -0.3 is 5.32 Å². The fraction of sp³-hybridized carbons (Fsp3) is 0.0769. The van der Waals surface area contributed by atoms with Crippen LogP contribution in [0.5, 0.6) is 0 Å². The van der Waals surface area contributed by atoms with Crippen LogP contribution in [-0.2, 0) is 9.98 Å². The molecule has 0 aromatic heterocycles. The molecule has 0 spiro atoms. The van der Waals surface area contributed by atoms with Crippen molar-refractivity contribution in [3.8, 4) is 11.1 Å². The molecule has 0 fully saturated rings. The van der Waals surface area contributed by atoms with Crippen molar-refractivity contribution in [2.24, 2.45) is 0 Å². The Bertz CT molecular complexity index is 2060. The lowest BCUT2D eigenvalue weighted by molar-refractivity contribution is 0.582. The maximum atomic E-state index is 15.8. The van der Waals surface area contributed by atoms with Crippen molar-refractivity contribution in [1.82, 2.24) is 0 Å². The highest BCUT2D eigenvalue weighted by molar-refractivity contribution is 7.76. The maximum Gasteiger partial charge on any atom is 0.301 e. The van der Waals surface area contributed by atoms with E-state index in [1.54, 1.807) is 0 Å². The van der Waals surface area contributed by atoms with E-state index >= 15 is 4.57 Å². The van der Waals surface area contributed by atoms with Gasteiger partial charge in [0.05, 0.1) is 16.7 Å². The average Bonchev–Trinajstić information content (AvgIpc) is 3.47. The number of hydrogen-bond acceptors (Lipinski definition) is 2. The molecule has 44 heavy (non-hydrogen) atoms. The fourth-order valence-electron chi connectivity index (χ4n) is 6.93. The Kier molecular flexibility index (Phi) is 6.04. The van der Waals surface area contributed by atoms with Gasteiger partial charge in [0.25, 0.3) is 0 Å². The predicted molar refractivity (Wildman–Crippen MR) is 185 cm³/mol. The van der Waals surface area contributed by atoms with Gasteiger partial charge in [-0.1, -0.05) is 105 Å². The van der Waals surface area contributed by atoms with Crippen molar-refractivity contribution in [3.05, 3.63) is 163 Å². The summed E-state index contributed by atoms with van der Waals surface area (Å²) in [6.45, 7) is 4.60. The van der Waals surface area contributed by atoms with Gasteiger partial charge in [0.1, 0.15) is 0 Å². The Morgan fingerprint density at radius 1 is 0.568 bits per heavy atom. The highest BCUT2D eigenvalue weighted by atomic mass is 31.2. The second-order valence-corrected chi connectivity index (χ2v) is 14.3. The lowest BCUT2D eigenvalue weighted by Gasteiger charge is -2.33. The van der Waals surface area contributed by atoms with E-state index < -0.39 is 7.44 Å². The van der Waals surface area contributed by atoms with Gasteiger partial charge in [-0.25, -0.2) is 0 Å². The lowest BCUT2D eigenvalue weighted by atomic mass is 9.82. The summed E-state index contributed by atoms with van der Waals surface area (Å²) < 4.78 is 19.9. The van der Waals surface area contributed by atoms with Crippen molar-refractivity contribution in [1.29, 1.82) is 0 Å². The number of fused-ring (bicyclic) bond motifs is 4. The highest BCUT2D eigenvalue weighted by Crippen LogP contribution is 2.70. The average molecular weight is 590 g/mol. The van der Waals surface area contributed by atoms with Crippen LogP contribution in [0.4, 0.5) is 34.1 Å². The first-order valence-corrected chi connectivity index (χ1v) is 16.6. The van der Waals surface area contributed by atoms with Crippen LogP contribution in [-0.4, -0.2) is 0 Å². The molecule has 214 valence electrons. The molecule has 8 rings (SSSR count). The monoisotopic (exact) mass is 589 g/mol. The smallest absolute Gasteiger partial charge is 0.301 e. The van der Waals surface area contributed by atoms with E-state index in [4.69, 9.17) is 0 Å². The molecular formula is C39H32N3OP. The lowest BCUT2D eigenvalue weighted by Crippen LogP contribution is -2.26. The van der Waals surface area contributed by atoms with E-state index in [0.717, 1.165) is 39.4 Å². The van der Waals surface area contributed by atoms with Crippen molar-refractivity contribution in [3.63, 3.8) is 0 Å². The summed E-state index contributed by atoms with van der Waals surface area (Å²) in [7, 11) is -3.41. The molecule has 1 heterocycles. The van der Waals surface area contributed by atoms with E-state index in [1.807, 2.05) is 100 Å². The Hall–Kier alpha value is -5.05. The minimum absolute atomic E-state index is 0.0792. The Morgan fingerprint density at radius 3 is 1.82 bits per heavy atom. The third kappa shape index (κ3) is 3.88. The van der Waals surface area contributed by atoms with Gasteiger partial charge >= 0.3 is 7.44 Å². The summed E-state index contributed by atoms with van der Waals surface area (Å²) >= 11 is 0. The molecule has 0 amide bonds. The van der Waals surface area contributed by atoms with Crippen molar-refractivity contribution >= 4 is 46.9 Å². The largest absolute Gasteiger partial charge is 0.355 e. The summed E-state index contributed by atoms with van der Waals surface area (Å²) in [5.74, 6) is 0. The van der Waals surface area contributed by atoms with Crippen LogP contribution in [0.1, 0.15) is 25.0 Å². The van der Waals surface area contributed by atoms with E-state index in [9.17, 15) is 0 Å². The van der Waals surface area contributed by atoms with E-state index in [2.05, 4.69) is 79.8 Å². The first kappa shape index (κ1) is 26.6. The zero-order chi connectivity index (χ0) is 29.9. The summed E-state index contributed by atoms with van der Waals surface area (Å²) in [4.78, 5) is 0. The van der Waals surface area contributed by atoms with E-state index in [-0.39, 0.29) is 5.41 Å². The molecule has 0 bridgehead atoms. The second kappa shape index (κ2) is 10.0. The van der Waals surface area contributed by atoms with Crippen molar-refractivity contribution < 1.29 is 4.57 Å². The quantitative estimate of drug-likeness (QED) is 0.203. The zero-order valence-corrected chi connectivity index (χ0v) is 25.6. The summed E-state index contributed by atoms with van der Waals surface area (Å²) in [6.07, 6.45) is 0. The predicted octanol–water partition coefficient (Wildman–Crippen LogP) is 10.5. The van der Waals surface area contributed by atoms with Crippen LogP contribution in [0.3, 0.4) is 0 Å². The number of nitrogens with one attached hydrogen (secondary N) is 1. The SMILES string of the molecule is CC1(C)c2ccccc2-c2c(Nc3ccc4c(c3)N(c3ccccc3)P(=O)(c3ccccc3)N4c3ccccc3)cccc21. The molecule has 1 aliphatic heterocycles. The van der Waals surface area contributed by atoms with Crippen LogP contribution < -0.4 is 20.0 Å². The molecule has 1 N–H and O–H groups in total. The fourth-order valence-corrected chi connectivity index (χ4v) is 9.94. The molecular weight excluding hydrogens is 557 g/mol. The maximum absolute atomic E-state index is 15.8. The molecule has 0 radical (unpaired) electrons. The van der Waals surface area contributed by atoms with Crippen LogP contribution in [0, 0.1) is 0 Å². The summed E-state index contributed by atoms with van der Waals surface area (Å²) in [5.41, 5.74) is 10.7. The van der Waals surface area contributed by atoms with Crippen molar-refractivity contribution in [2.45, 2.75) is 19.3 Å². The van der Waals surface area contributed by atoms with Gasteiger partial charge in [-0.2, -0.15) is 0 Å². The van der Waals surface area contributed by atoms with Gasteiger partial charge in [0.2, 0.25) is 0 Å². The summed E-state index contributed by atoms with van der Waals surface area (Å²) in [6, 6.07) is 51.6. The number of anilines is 6. The van der Waals surface area contributed by atoms with Gasteiger partial charge in [0.15, 0.2) is 0 Å². The van der Waals surface area contributed by atoms with Crippen molar-refractivity contribution in [2.75, 3.05) is 14.7 Å². The molecule has 0 saturated carbocycles. The first-order valence-electron chi connectivity index (χ1n) is 15.0. The highest BCUT2D eigenvalue weighted by Gasteiger charge is 2.49. The van der Waals surface area contributed by atoms with Crippen LogP contribution in [0.2, 0.25) is 0 Å². The number of nitrogens with zero attached hydrogens (tertiary/aromatic N) is 2. The minimum Gasteiger partial charge on any atom is -0.355 e. The normalized spacial score (nSPS) is 17.6. The topological polar surface area (TPSA) is 35.6 Å². The molecule has 6 aromatic rings. The van der Waals surface area contributed by atoms with Gasteiger partial charge in [-0.05, 0) is 77.4 Å². The standard InChI is InChI=1S/C39H32N3OP/c1-39(2)33-22-13-12-21-32(33)38-34(39)23-14-24-35(38)40-28-25-26-36-37(27-28)42(30-17-8-4-9-18-30)44(43,31-19-10-5-11-20-31)41(36)29-15-6-3-7-16-29/h3-27,40H,1-2H3. The Labute approximate surface area is 258 Å². The van der Waals surface area contributed by atoms with Gasteiger partial charge in [-0.3, -0.25) is 13.9 Å². The third-order valence-electron chi connectivity index (χ3n) is 8.95. The zero-order valence-electron chi connectivity index (χ0n) is 24.7. The van der Waals surface area contributed by atoms with E-state index in [0.29, 0.717) is 0 Å². The third-order valence-corrected chi connectivity index (χ3v) is 11.9. The molecule has 1 atom stereocenters. The number of hydrogen-bond donors (Lipinski definition) is 1. The van der Waals surface area contributed by atoms with Gasteiger partial charge in [0, 0.05) is 33.7 Å². The van der Waals surface area contributed by atoms with Crippen LogP contribution in [0.15, 0.2) is 152 Å². The van der Waals surface area contributed by atoms with E-state index in [1.165, 1.54) is 22.3 Å². The molecule has 5 heteroatoms. The molecule has 2 aliphatic rings. The summed E-state index contributed by atoms with van der Waals surface area (Å²) in [5, 5.41) is 4.55. The Morgan fingerprint density at radius 2 is 1.14 bits per heavy atom. The Balaban J connectivity index is 1.32. The van der Waals surface area contributed by atoms with Crippen LogP contribution in [0.25, 0.3) is 11.1 Å². The second-order valence-electron chi connectivity index (χ2n) is 11.9. The molecule has 4 nitrogen and oxygen atoms in total. The number of para-hydroxylation sites is 2. The molecule has 0 saturated heterocycles. The minimum atomic E-state index is -3.41.